The maximum absolute atomic E-state index is 12.7. The molecule has 146 valence electrons. The first-order valence-electron chi connectivity index (χ1n) is 10.1. The monoisotopic (exact) mass is 372 g/mol. The fraction of sp³-hybridized carbons (Fsp3) is 0.524. The Labute approximate surface area is 161 Å². The Morgan fingerprint density at radius 2 is 1.78 bits per heavy atom. The minimum Gasteiger partial charge on any atom is -0.349 e. The van der Waals surface area contributed by atoms with Crippen LogP contribution in [-0.2, 0) is 11.8 Å². The van der Waals surface area contributed by atoms with Gasteiger partial charge in [-0.05, 0) is 19.9 Å². The van der Waals surface area contributed by atoms with Crippen LogP contribution in [0.4, 0.5) is 0 Å². The lowest BCUT2D eigenvalue weighted by atomic mass is 10.1. The SMILES string of the molecule is CC[NH+]1CC[NH+](CCCNC(=O)C(=O)c2c(C)n(C)c3ccccc23)CC1. The number of hydrogen-bond acceptors (Lipinski definition) is 2. The van der Waals surface area contributed by atoms with Gasteiger partial charge in [-0.25, -0.2) is 0 Å². The van der Waals surface area contributed by atoms with Crippen molar-refractivity contribution in [2.45, 2.75) is 20.3 Å². The highest BCUT2D eigenvalue weighted by molar-refractivity contribution is 6.45. The summed E-state index contributed by atoms with van der Waals surface area (Å²) in [6.07, 6.45) is 0.907. The van der Waals surface area contributed by atoms with Crippen LogP contribution in [0.1, 0.15) is 29.4 Å². The fourth-order valence-electron chi connectivity index (χ4n) is 4.10. The van der Waals surface area contributed by atoms with Crippen LogP contribution < -0.4 is 15.1 Å². The van der Waals surface area contributed by atoms with Crippen molar-refractivity contribution in [3.05, 3.63) is 35.5 Å². The van der Waals surface area contributed by atoms with Crippen LogP contribution in [0, 0.1) is 6.92 Å². The molecule has 3 rings (SSSR count). The number of para-hydroxylation sites is 1. The topological polar surface area (TPSA) is 60.0 Å². The predicted octanol–water partition coefficient (Wildman–Crippen LogP) is -1.02. The summed E-state index contributed by atoms with van der Waals surface area (Å²) in [6.45, 7) is 11.8. The zero-order valence-corrected chi connectivity index (χ0v) is 16.7. The number of Topliss-reactive ketones (excluding diaryl/α,β-unsaturated/α-hetero) is 1. The van der Waals surface area contributed by atoms with Crippen molar-refractivity contribution in [2.24, 2.45) is 7.05 Å². The summed E-state index contributed by atoms with van der Waals surface area (Å²) < 4.78 is 1.97. The van der Waals surface area contributed by atoms with E-state index in [2.05, 4.69) is 12.2 Å². The number of aryl methyl sites for hydroxylation is 1. The first-order valence-corrected chi connectivity index (χ1v) is 10.1. The van der Waals surface area contributed by atoms with Crippen molar-refractivity contribution in [2.75, 3.05) is 45.8 Å². The van der Waals surface area contributed by atoms with E-state index in [1.807, 2.05) is 42.8 Å². The van der Waals surface area contributed by atoms with Gasteiger partial charge in [-0.1, -0.05) is 18.2 Å². The van der Waals surface area contributed by atoms with Crippen molar-refractivity contribution < 1.29 is 19.4 Å². The third kappa shape index (κ3) is 4.22. The normalized spacial score (nSPS) is 20.0. The number of fused-ring (bicyclic) bond motifs is 1. The van der Waals surface area contributed by atoms with Gasteiger partial charge in [0.25, 0.3) is 11.7 Å². The molecule has 1 amide bonds. The minimum absolute atomic E-state index is 0.434. The number of quaternary nitrogens is 2. The number of piperazine rings is 1. The average Bonchev–Trinajstić information content (AvgIpc) is 2.95. The second-order valence-corrected chi connectivity index (χ2v) is 7.58. The molecule has 3 N–H and O–H groups in total. The molecule has 0 aliphatic carbocycles. The number of nitrogens with one attached hydrogen (secondary N) is 3. The number of hydrogen-bond donors (Lipinski definition) is 3. The number of ketones is 1. The van der Waals surface area contributed by atoms with Gasteiger partial charge >= 0.3 is 0 Å². The fourth-order valence-corrected chi connectivity index (χ4v) is 4.10. The third-order valence-electron chi connectivity index (χ3n) is 5.99. The molecule has 1 aliphatic rings. The van der Waals surface area contributed by atoms with E-state index in [0.717, 1.165) is 29.6 Å². The molecule has 2 aromatic rings. The van der Waals surface area contributed by atoms with Gasteiger partial charge in [0.15, 0.2) is 0 Å². The molecule has 0 atom stereocenters. The van der Waals surface area contributed by atoms with Gasteiger partial charge in [0.2, 0.25) is 0 Å². The highest BCUT2D eigenvalue weighted by Crippen LogP contribution is 2.25. The molecule has 0 unspecified atom stereocenters. The van der Waals surface area contributed by atoms with Crippen molar-refractivity contribution in [3.8, 4) is 0 Å². The van der Waals surface area contributed by atoms with E-state index in [4.69, 9.17) is 0 Å². The molecule has 1 aromatic carbocycles. The smallest absolute Gasteiger partial charge is 0.292 e. The first-order chi connectivity index (χ1) is 13.0. The summed E-state index contributed by atoms with van der Waals surface area (Å²) in [5, 5.41) is 3.67. The minimum atomic E-state index is -0.496. The van der Waals surface area contributed by atoms with Crippen LogP contribution in [-0.4, -0.2) is 62.1 Å². The van der Waals surface area contributed by atoms with Crippen molar-refractivity contribution in [3.63, 3.8) is 0 Å². The van der Waals surface area contributed by atoms with Crippen molar-refractivity contribution >= 4 is 22.6 Å². The van der Waals surface area contributed by atoms with Crippen LogP contribution in [0.3, 0.4) is 0 Å². The molecule has 1 aliphatic heterocycles. The molecular weight excluding hydrogens is 340 g/mol. The Morgan fingerprint density at radius 1 is 1.11 bits per heavy atom. The quantitative estimate of drug-likeness (QED) is 0.331. The number of likely N-dealkylation sites (N-methyl/N-ethyl adjacent to an activating group) is 1. The number of amides is 1. The van der Waals surface area contributed by atoms with Gasteiger partial charge in [-0.2, -0.15) is 0 Å². The average molecular weight is 373 g/mol. The van der Waals surface area contributed by atoms with Crippen LogP contribution in [0.15, 0.2) is 24.3 Å². The van der Waals surface area contributed by atoms with E-state index < -0.39 is 11.7 Å². The van der Waals surface area contributed by atoms with E-state index in [1.54, 1.807) is 9.80 Å². The summed E-state index contributed by atoms with van der Waals surface area (Å²) in [6, 6.07) is 7.73. The Kier molecular flexibility index (Phi) is 6.29. The molecule has 1 saturated heterocycles. The first kappa shape index (κ1) is 19.6. The summed E-state index contributed by atoms with van der Waals surface area (Å²) in [5.74, 6) is -0.929. The van der Waals surface area contributed by atoms with E-state index in [-0.39, 0.29) is 0 Å². The summed E-state index contributed by atoms with van der Waals surface area (Å²) in [5.41, 5.74) is 2.33. The van der Waals surface area contributed by atoms with Gasteiger partial charge in [0.1, 0.15) is 26.2 Å². The van der Waals surface area contributed by atoms with Gasteiger partial charge in [-0.15, -0.1) is 0 Å². The maximum Gasteiger partial charge on any atom is 0.292 e. The molecular formula is C21H32N4O2+2. The number of carbonyl (C=O) groups excluding carboxylic acids is 2. The molecule has 27 heavy (non-hydrogen) atoms. The molecule has 0 spiro atoms. The van der Waals surface area contributed by atoms with Gasteiger partial charge < -0.3 is 19.7 Å². The van der Waals surface area contributed by atoms with Crippen LogP contribution >= 0.6 is 0 Å². The van der Waals surface area contributed by atoms with E-state index in [1.165, 1.54) is 32.7 Å². The summed E-state index contributed by atoms with van der Waals surface area (Å²) in [7, 11) is 1.93. The lowest BCUT2D eigenvalue weighted by Gasteiger charge is -2.28. The Hall–Kier alpha value is -2.18. The second kappa shape index (κ2) is 8.67. The van der Waals surface area contributed by atoms with Gasteiger partial charge in [-0.3, -0.25) is 9.59 Å². The van der Waals surface area contributed by atoms with Gasteiger partial charge in [0.05, 0.1) is 18.7 Å². The predicted molar refractivity (Wildman–Crippen MR) is 106 cm³/mol. The number of carbonyl (C=O) groups is 2. The molecule has 2 heterocycles. The van der Waals surface area contributed by atoms with Crippen LogP contribution in [0.2, 0.25) is 0 Å². The Balaban J connectivity index is 1.52. The number of rotatable bonds is 7. The maximum atomic E-state index is 12.7. The van der Waals surface area contributed by atoms with Gasteiger partial charge in [0, 0.05) is 36.6 Å². The lowest BCUT2D eigenvalue weighted by Crippen LogP contribution is -3.28. The van der Waals surface area contributed by atoms with E-state index in [9.17, 15) is 9.59 Å². The summed E-state index contributed by atoms with van der Waals surface area (Å²) in [4.78, 5) is 28.4. The van der Waals surface area contributed by atoms with E-state index >= 15 is 0 Å². The molecule has 1 fully saturated rings. The molecule has 0 bridgehead atoms. The number of aromatic nitrogens is 1. The largest absolute Gasteiger partial charge is 0.349 e. The van der Waals surface area contributed by atoms with Crippen molar-refractivity contribution in [1.29, 1.82) is 0 Å². The Bertz CT molecular complexity index is 819. The number of benzene rings is 1. The molecule has 0 radical (unpaired) electrons. The highest BCUT2D eigenvalue weighted by Gasteiger charge is 2.24. The number of nitrogens with zero attached hydrogens (tertiary/aromatic N) is 1. The third-order valence-corrected chi connectivity index (χ3v) is 5.99. The standard InChI is InChI=1S/C21H30N4O2/c1-4-24-12-14-25(15-13-24)11-7-10-22-21(27)20(26)19-16(2)23(3)18-9-6-5-8-17(18)19/h5-6,8-9H,4,7,10-15H2,1-3H3,(H,22,27)/p+2. The second-order valence-electron chi connectivity index (χ2n) is 7.58. The van der Waals surface area contributed by atoms with Crippen LogP contribution in [0.5, 0.6) is 0 Å². The Morgan fingerprint density at radius 3 is 2.48 bits per heavy atom. The zero-order valence-electron chi connectivity index (χ0n) is 16.7. The molecule has 6 nitrogen and oxygen atoms in total. The molecule has 6 heteroatoms. The molecule has 0 saturated carbocycles. The van der Waals surface area contributed by atoms with E-state index in [0.29, 0.717) is 12.1 Å². The molecule has 1 aromatic heterocycles. The zero-order chi connectivity index (χ0) is 19.4. The summed E-state index contributed by atoms with van der Waals surface area (Å²) >= 11 is 0. The van der Waals surface area contributed by atoms with Crippen LogP contribution in [0.25, 0.3) is 10.9 Å². The highest BCUT2D eigenvalue weighted by atomic mass is 16.2. The lowest BCUT2D eigenvalue weighted by molar-refractivity contribution is -1.01. The van der Waals surface area contributed by atoms with Crippen molar-refractivity contribution in [1.82, 2.24) is 9.88 Å².